The Labute approximate surface area is 117 Å². The maximum atomic E-state index is 9.85. The van der Waals surface area contributed by atoms with Gasteiger partial charge < -0.3 is 19.7 Å². The first kappa shape index (κ1) is 12.7. The molecule has 0 aliphatic carbocycles. The lowest BCUT2D eigenvalue weighted by Gasteiger charge is -2.26. The molecular weight excluding hydrogens is 256 g/mol. The van der Waals surface area contributed by atoms with Crippen LogP contribution >= 0.6 is 0 Å². The molecule has 1 aliphatic heterocycles. The number of phenols is 2. The molecule has 3 rings (SSSR count). The average Bonchev–Trinajstić information content (AvgIpc) is 2.46. The van der Waals surface area contributed by atoms with E-state index in [0.717, 1.165) is 23.3 Å². The molecule has 0 fully saturated rings. The number of aromatic hydroxyl groups is 2. The lowest BCUT2D eigenvalue weighted by atomic mass is 9.90. The van der Waals surface area contributed by atoms with E-state index in [9.17, 15) is 10.2 Å². The molecule has 4 heteroatoms. The second kappa shape index (κ2) is 4.96. The van der Waals surface area contributed by atoms with Crippen LogP contribution in [-0.2, 0) is 6.42 Å². The third-order valence-corrected chi connectivity index (χ3v) is 3.63. The first-order valence-electron chi connectivity index (χ1n) is 6.49. The summed E-state index contributed by atoms with van der Waals surface area (Å²) in [5.74, 6) is 1.78. The molecular formula is C16H16O4. The van der Waals surface area contributed by atoms with Crippen molar-refractivity contribution in [2.45, 2.75) is 12.3 Å². The van der Waals surface area contributed by atoms with Crippen molar-refractivity contribution < 1.29 is 19.7 Å². The monoisotopic (exact) mass is 272 g/mol. The predicted molar refractivity (Wildman–Crippen MR) is 74.7 cm³/mol. The molecule has 0 saturated carbocycles. The van der Waals surface area contributed by atoms with E-state index >= 15 is 0 Å². The molecule has 0 aromatic heterocycles. The molecule has 2 N–H and O–H groups in total. The molecule has 0 spiro atoms. The summed E-state index contributed by atoms with van der Waals surface area (Å²) in [5, 5.41) is 19.2. The number of fused-ring (bicyclic) bond motifs is 1. The van der Waals surface area contributed by atoms with Gasteiger partial charge in [-0.05, 0) is 35.7 Å². The van der Waals surface area contributed by atoms with Gasteiger partial charge in [-0.3, -0.25) is 0 Å². The Kier molecular flexibility index (Phi) is 3.14. The second-order valence-electron chi connectivity index (χ2n) is 4.94. The van der Waals surface area contributed by atoms with Gasteiger partial charge in [0.2, 0.25) is 0 Å². The van der Waals surface area contributed by atoms with Gasteiger partial charge >= 0.3 is 0 Å². The van der Waals surface area contributed by atoms with Crippen LogP contribution in [0.25, 0.3) is 0 Å². The van der Waals surface area contributed by atoms with Crippen LogP contribution in [-0.4, -0.2) is 23.9 Å². The van der Waals surface area contributed by atoms with E-state index in [4.69, 9.17) is 9.47 Å². The average molecular weight is 272 g/mol. The van der Waals surface area contributed by atoms with Crippen LogP contribution < -0.4 is 9.47 Å². The summed E-state index contributed by atoms with van der Waals surface area (Å²) in [5.41, 5.74) is 2.08. The van der Waals surface area contributed by atoms with Crippen LogP contribution in [0.5, 0.6) is 23.0 Å². The number of rotatable bonds is 2. The summed E-state index contributed by atoms with van der Waals surface area (Å²) in [6.45, 7) is 0.575. The highest BCUT2D eigenvalue weighted by atomic mass is 16.5. The zero-order chi connectivity index (χ0) is 14.1. The molecule has 20 heavy (non-hydrogen) atoms. The highest BCUT2D eigenvalue weighted by Gasteiger charge is 2.23. The van der Waals surface area contributed by atoms with E-state index in [1.165, 1.54) is 7.11 Å². The minimum absolute atomic E-state index is 0.126. The van der Waals surface area contributed by atoms with Crippen LogP contribution in [0.15, 0.2) is 36.4 Å². The first-order valence-corrected chi connectivity index (χ1v) is 6.49. The van der Waals surface area contributed by atoms with Gasteiger partial charge in [-0.15, -0.1) is 0 Å². The van der Waals surface area contributed by atoms with Crippen molar-refractivity contribution in [1.82, 2.24) is 0 Å². The van der Waals surface area contributed by atoms with Gasteiger partial charge in [0.15, 0.2) is 11.5 Å². The van der Waals surface area contributed by atoms with Gasteiger partial charge in [0.1, 0.15) is 11.5 Å². The van der Waals surface area contributed by atoms with Crippen LogP contribution in [0.4, 0.5) is 0 Å². The number of hydrogen-bond donors (Lipinski definition) is 2. The molecule has 1 aliphatic rings. The van der Waals surface area contributed by atoms with Crippen molar-refractivity contribution >= 4 is 0 Å². The number of hydrogen-bond acceptors (Lipinski definition) is 4. The molecule has 1 unspecified atom stereocenters. The van der Waals surface area contributed by atoms with Crippen molar-refractivity contribution in [3.05, 3.63) is 47.5 Å². The third-order valence-electron chi connectivity index (χ3n) is 3.63. The summed E-state index contributed by atoms with van der Waals surface area (Å²) < 4.78 is 10.8. The van der Waals surface area contributed by atoms with Gasteiger partial charge in [-0.25, -0.2) is 0 Å². The molecule has 2 aromatic carbocycles. The van der Waals surface area contributed by atoms with Gasteiger partial charge in [-0.1, -0.05) is 12.1 Å². The summed E-state index contributed by atoms with van der Waals surface area (Å²) >= 11 is 0. The van der Waals surface area contributed by atoms with Gasteiger partial charge in [0.05, 0.1) is 13.7 Å². The first-order chi connectivity index (χ1) is 9.67. The minimum atomic E-state index is 0.126. The number of ether oxygens (including phenoxy) is 2. The highest BCUT2D eigenvalue weighted by molar-refractivity contribution is 5.51. The van der Waals surface area contributed by atoms with Crippen molar-refractivity contribution in [3.63, 3.8) is 0 Å². The summed E-state index contributed by atoms with van der Waals surface area (Å²) in [6.07, 6.45) is 0.789. The normalized spacial score (nSPS) is 17.1. The fourth-order valence-corrected chi connectivity index (χ4v) is 2.53. The van der Waals surface area contributed by atoms with Crippen molar-refractivity contribution in [1.29, 1.82) is 0 Å². The Balaban J connectivity index is 1.88. The van der Waals surface area contributed by atoms with Crippen molar-refractivity contribution in [3.8, 4) is 23.0 Å². The fraction of sp³-hybridized carbons (Fsp3) is 0.250. The van der Waals surface area contributed by atoms with E-state index in [2.05, 4.69) is 0 Å². The van der Waals surface area contributed by atoms with E-state index in [1.54, 1.807) is 24.3 Å². The van der Waals surface area contributed by atoms with Crippen molar-refractivity contribution in [2.75, 3.05) is 13.7 Å². The summed E-state index contributed by atoms with van der Waals surface area (Å²) in [4.78, 5) is 0. The lowest BCUT2D eigenvalue weighted by molar-refractivity contribution is 0.259. The SMILES string of the molecule is COc1cc2c(cc1O)CC(c1ccc(O)cc1)CO2. The number of benzene rings is 2. The van der Waals surface area contributed by atoms with E-state index in [-0.39, 0.29) is 17.4 Å². The molecule has 1 atom stereocenters. The fourth-order valence-electron chi connectivity index (χ4n) is 2.53. The molecule has 0 amide bonds. The number of methoxy groups -OCH3 is 1. The topological polar surface area (TPSA) is 58.9 Å². The third kappa shape index (κ3) is 2.25. The predicted octanol–water partition coefficient (Wildman–Crippen LogP) is 2.83. The van der Waals surface area contributed by atoms with Crippen LogP contribution in [0.2, 0.25) is 0 Å². The Morgan fingerprint density at radius 2 is 1.90 bits per heavy atom. The Morgan fingerprint density at radius 3 is 2.60 bits per heavy atom. The maximum Gasteiger partial charge on any atom is 0.164 e. The molecule has 0 radical (unpaired) electrons. The smallest absolute Gasteiger partial charge is 0.164 e. The Morgan fingerprint density at radius 1 is 1.15 bits per heavy atom. The molecule has 1 heterocycles. The summed E-state index contributed by atoms with van der Waals surface area (Å²) in [7, 11) is 1.52. The van der Waals surface area contributed by atoms with E-state index < -0.39 is 0 Å². The lowest BCUT2D eigenvalue weighted by Crippen LogP contribution is -2.19. The quantitative estimate of drug-likeness (QED) is 0.882. The van der Waals surface area contributed by atoms with Gasteiger partial charge in [0, 0.05) is 12.0 Å². The van der Waals surface area contributed by atoms with E-state index in [1.807, 2.05) is 12.1 Å². The van der Waals surface area contributed by atoms with Crippen LogP contribution in [0.1, 0.15) is 17.0 Å². The van der Waals surface area contributed by atoms with Crippen LogP contribution in [0, 0.1) is 0 Å². The molecule has 4 nitrogen and oxygen atoms in total. The minimum Gasteiger partial charge on any atom is -0.508 e. The molecule has 0 saturated heterocycles. The Bertz CT molecular complexity index is 619. The van der Waals surface area contributed by atoms with Crippen molar-refractivity contribution in [2.24, 2.45) is 0 Å². The van der Waals surface area contributed by atoms with E-state index in [0.29, 0.717) is 12.4 Å². The molecule has 2 aromatic rings. The second-order valence-corrected chi connectivity index (χ2v) is 4.94. The van der Waals surface area contributed by atoms with Gasteiger partial charge in [0.25, 0.3) is 0 Å². The zero-order valence-corrected chi connectivity index (χ0v) is 11.2. The number of phenolic OH excluding ortho intramolecular Hbond substituents is 2. The van der Waals surface area contributed by atoms with Gasteiger partial charge in [-0.2, -0.15) is 0 Å². The maximum absolute atomic E-state index is 9.85. The Hall–Kier alpha value is -2.36. The largest absolute Gasteiger partial charge is 0.508 e. The highest BCUT2D eigenvalue weighted by Crippen LogP contribution is 2.39. The molecule has 104 valence electrons. The summed E-state index contributed by atoms with van der Waals surface area (Å²) in [6, 6.07) is 10.6. The molecule has 0 bridgehead atoms. The standard InChI is InChI=1S/C16H16O4/c1-19-16-8-15-11(7-14(16)18)6-12(9-20-15)10-2-4-13(17)5-3-10/h2-5,7-8,12,17-18H,6,9H2,1H3. The zero-order valence-electron chi connectivity index (χ0n) is 11.2. The van der Waals surface area contributed by atoms with Crippen LogP contribution in [0.3, 0.4) is 0 Å².